The van der Waals surface area contributed by atoms with Crippen LogP contribution in [-0.2, 0) is 0 Å². The maximum atomic E-state index is 12.1. The average molecular weight is 260 g/mol. The second-order valence-electron chi connectivity index (χ2n) is 4.81. The van der Waals surface area contributed by atoms with Crippen LogP contribution in [0.2, 0.25) is 10.0 Å². The van der Waals surface area contributed by atoms with Crippen molar-refractivity contribution in [1.82, 2.24) is 0 Å². The smallest absolute Gasteiger partial charge is 0.181 e. The van der Waals surface area contributed by atoms with Crippen LogP contribution in [0.15, 0.2) is 18.2 Å². The van der Waals surface area contributed by atoms with Crippen molar-refractivity contribution in [2.24, 2.45) is 11.1 Å². The monoisotopic (exact) mass is 259 g/mol. The highest BCUT2D eigenvalue weighted by Crippen LogP contribution is 2.29. The molecule has 0 aromatic heterocycles. The molecule has 0 saturated heterocycles. The quantitative estimate of drug-likeness (QED) is 0.826. The highest BCUT2D eigenvalue weighted by atomic mass is 35.5. The van der Waals surface area contributed by atoms with Crippen LogP contribution in [0.1, 0.15) is 31.1 Å². The molecule has 1 atom stereocenters. The Hall–Kier alpha value is -0.570. The number of carbonyl (C=O) groups excluding carboxylic acids is 1. The minimum Gasteiger partial charge on any atom is -0.321 e. The molecule has 0 aliphatic carbocycles. The summed E-state index contributed by atoms with van der Waals surface area (Å²) in [7, 11) is 0. The Morgan fingerprint density at radius 3 is 2.38 bits per heavy atom. The number of hydrogen-bond acceptors (Lipinski definition) is 2. The van der Waals surface area contributed by atoms with Gasteiger partial charge >= 0.3 is 0 Å². The van der Waals surface area contributed by atoms with E-state index in [1.807, 2.05) is 20.8 Å². The van der Waals surface area contributed by atoms with E-state index < -0.39 is 6.04 Å². The van der Waals surface area contributed by atoms with Crippen molar-refractivity contribution < 1.29 is 4.79 Å². The van der Waals surface area contributed by atoms with Crippen LogP contribution in [0, 0.1) is 5.41 Å². The minimum absolute atomic E-state index is 0.181. The molecule has 2 N–H and O–H groups in total. The number of Topliss-reactive ketones (excluding diaryl/α,β-unsaturated/α-hetero) is 1. The van der Waals surface area contributed by atoms with Crippen LogP contribution in [-0.4, -0.2) is 11.8 Å². The maximum Gasteiger partial charge on any atom is 0.181 e. The lowest BCUT2D eigenvalue weighted by Gasteiger charge is -2.26. The topological polar surface area (TPSA) is 43.1 Å². The Morgan fingerprint density at radius 2 is 1.88 bits per heavy atom. The summed E-state index contributed by atoms with van der Waals surface area (Å²) in [6, 6.07) is 4.38. The fourth-order valence-electron chi connectivity index (χ4n) is 1.25. The van der Waals surface area contributed by atoms with E-state index >= 15 is 0 Å². The fourth-order valence-corrected chi connectivity index (χ4v) is 1.65. The fraction of sp³-hybridized carbons (Fsp3) is 0.417. The van der Waals surface area contributed by atoms with Crippen molar-refractivity contribution in [2.75, 3.05) is 0 Å². The summed E-state index contributed by atoms with van der Waals surface area (Å²) in [5, 5.41) is 0.641. The SMILES string of the molecule is CC(C)(C)C(N)C(=O)c1cccc(Cl)c1Cl. The molecule has 2 nitrogen and oxygen atoms in total. The third-order valence-electron chi connectivity index (χ3n) is 2.43. The lowest BCUT2D eigenvalue weighted by Crippen LogP contribution is -2.42. The molecule has 4 heteroatoms. The van der Waals surface area contributed by atoms with Gasteiger partial charge in [0.25, 0.3) is 0 Å². The molecule has 0 aliphatic heterocycles. The number of ketones is 1. The third-order valence-corrected chi connectivity index (χ3v) is 3.25. The Balaban J connectivity index is 3.11. The number of rotatable bonds is 2. The molecule has 88 valence electrons. The number of nitrogens with two attached hydrogens (primary N) is 1. The largest absolute Gasteiger partial charge is 0.321 e. The van der Waals surface area contributed by atoms with Gasteiger partial charge in [0.05, 0.1) is 16.1 Å². The van der Waals surface area contributed by atoms with E-state index in [2.05, 4.69) is 0 Å². The van der Waals surface area contributed by atoms with Gasteiger partial charge in [-0.25, -0.2) is 0 Å². The molecular formula is C12H15Cl2NO. The van der Waals surface area contributed by atoms with E-state index in [1.54, 1.807) is 18.2 Å². The van der Waals surface area contributed by atoms with Crippen LogP contribution in [0.3, 0.4) is 0 Å². The number of carbonyl (C=O) groups is 1. The van der Waals surface area contributed by atoms with E-state index in [-0.39, 0.29) is 16.2 Å². The predicted octanol–water partition coefficient (Wildman–Crippen LogP) is 3.55. The van der Waals surface area contributed by atoms with Crippen molar-refractivity contribution >= 4 is 29.0 Å². The molecule has 0 bridgehead atoms. The van der Waals surface area contributed by atoms with Crippen LogP contribution in [0.25, 0.3) is 0 Å². The lowest BCUT2D eigenvalue weighted by atomic mass is 9.83. The summed E-state index contributed by atoms with van der Waals surface area (Å²) < 4.78 is 0. The highest BCUT2D eigenvalue weighted by Gasteiger charge is 2.29. The molecule has 1 aromatic rings. The average Bonchev–Trinajstić information content (AvgIpc) is 2.18. The first kappa shape index (κ1) is 13.5. The standard InChI is InChI=1S/C12H15Cl2NO/c1-12(2,3)11(15)10(16)7-5-4-6-8(13)9(7)14/h4-6,11H,15H2,1-3H3. The predicted molar refractivity (Wildman–Crippen MR) is 68.2 cm³/mol. The number of hydrogen-bond donors (Lipinski definition) is 1. The Morgan fingerprint density at radius 1 is 1.31 bits per heavy atom. The first-order valence-electron chi connectivity index (χ1n) is 4.99. The second-order valence-corrected chi connectivity index (χ2v) is 5.59. The maximum absolute atomic E-state index is 12.1. The van der Waals surface area contributed by atoms with E-state index in [0.717, 1.165) is 0 Å². The van der Waals surface area contributed by atoms with Crippen LogP contribution < -0.4 is 5.73 Å². The first-order valence-corrected chi connectivity index (χ1v) is 5.74. The Kier molecular flexibility index (Phi) is 4.00. The first-order chi connectivity index (χ1) is 7.25. The summed E-state index contributed by atoms with van der Waals surface area (Å²) in [5.74, 6) is -0.181. The van der Waals surface area contributed by atoms with Crippen LogP contribution >= 0.6 is 23.2 Å². The zero-order chi connectivity index (χ0) is 12.5. The number of halogens is 2. The van der Waals surface area contributed by atoms with E-state index in [4.69, 9.17) is 28.9 Å². The molecule has 0 spiro atoms. The molecular weight excluding hydrogens is 245 g/mol. The van der Waals surface area contributed by atoms with Gasteiger partial charge in [0, 0.05) is 5.56 Å². The van der Waals surface area contributed by atoms with Crippen molar-refractivity contribution in [3.05, 3.63) is 33.8 Å². The van der Waals surface area contributed by atoms with Crippen LogP contribution in [0.5, 0.6) is 0 Å². The zero-order valence-electron chi connectivity index (χ0n) is 9.55. The summed E-state index contributed by atoms with van der Waals surface area (Å²) >= 11 is 11.8. The summed E-state index contributed by atoms with van der Waals surface area (Å²) in [6.45, 7) is 5.73. The van der Waals surface area contributed by atoms with E-state index in [1.165, 1.54) is 0 Å². The molecule has 1 rings (SSSR count). The van der Waals surface area contributed by atoms with Gasteiger partial charge in [-0.05, 0) is 17.5 Å². The molecule has 0 heterocycles. The summed E-state index contributed by atoms with van der Waals surface area (Å²) in [5.41, 5.74) is 5.98. The van der Waals surface area contributed by atoms with Gasteiger partial charge in [-0.1, -0.05) is 50.0 Å². The van der Waals surface area contributed by atoms with Gasteiger partial charge in [-0.2, -0.15) is 0 Å². The van der Waals surface area contributed by atoms with Gasteiger partial charge in [0.15, 0.2) is 5.78 Å². The zero-order valence-corrected chi connectivity index (χ0v) is 11.1. The summed E-state index contributed by atoms with van der Waals surface area (Å²) in [6.07, 6.45) is 0. The molecule has 1 unspecified atom stereocenters. The molecule has 16 heavy (non-hydrogen) atoms. The Bertz CT molecular complexity index is 410. The molecule has 1 aromatic carbocycles. The summed E-state index contributed by atoms with van der Waals surface area (Å²) in [4.78, 5) is 12.1. The molecule has 0 radical (unpaired) electrons. The van der Waals surface area contributed by atoms with Gasteiger partial charge in [0.2, 0.25) is 0 Å². The molecule has 0 saturated carbocycles. The van der Waals surface area contributed by atoms with Crippen molar-refractivity contribution in [3.8, 4) is 0 Å². The van der Waals surface area contributed by atoms with Crippen molar-refractivity contribution in [2.45, 2.75) is 26.8 Å². The van der Waals surface area contributed by atoms with Crippen molar-refractivity contribution in [1.29, 1.82) is 0 Å². The van der Waals surface area contributed by atoms with Crippen LogP contribution in [0.4, 0.5) is 0 Å². The Labute approximate surface area is 106 Å². The number of benzene rings is 1. The lowest BCUT2D eigenvalue weighted by molar-refractivity contribution is 0.0901. The van der Waals surface area contributed by atoms with Gasteiger partial charge in [0.1, 0.15) is 0 Å². The normalized spacial score (nSPS) is 13.6. The second kappa shape index (κ2) is 4.74. The molecule has 0 fully saturated rings. The van der Waals surface area contributed by atoms with Gasteiger partial charge in [-0.3, -0.25) is 4.79 Å². The molecule has 0 aliphatic rings. The third kappa shape index (κ3) is 2.76. The van der Waals surface area contributed by atoms with Gasteiger partial charge in [-0.15, -0.1) is 0 Å². The van der Waals surface area contributed by atoms with Gasteiger partial charge < -0.3 is 5.73 Å². The van der Waals surface area contributed by atoms with Crippen molar-refractivity contribution in [3.63, 3.8) is 0 Å². The molecule has 0 amide bonds. The highest BCUT2D eigenvalue weighted by molar-refractivity contribution is 6.44. The minimum atomic E-state index is -0.594. The van der Waals surface area contributed by atoms with E-state index in [0.29, 0.717) is 10.6 Å². The van der Waals surface area contributed by atoms with E-state index in [9.17, 15) is 4.79 Å².